The normalized spacial score (nSPS) is 16.3. The van der Waals surface area contributed by atoms with E-state index in [9.17, 15) is 9.59 Å². The molecule has 1 aliphatic rings. The van der Waals surface area contributed by atoms with E-state index in [0.29, 0.717) is 34.5 Å². The van der Waals surface area contributed by atoms with Crippen molar-refractivity contribution in [3.8, 4) is 11.5 Å². The van der Waals surface area contributed by atoms with Gasteiger partial charge in [0.15, 0.2) is 22.8 Å². The van der Waals surface area contributed by atoms with Crippen molar-refractivity contribution >= 4 is 51.5 Å². The summed E-state index contributed by atoms with van der Waals surface area (Å²) < 4.78 is 10.9. The number of aliphatic carboxylic acids is 1. The number of aromatic amines is 1. The summed E-state index contributed by atoms with van der Waals surface area (Å²) in [5.74, 6) is -0.517. The number of carboxylic acids is 1. The second-order valence-electron chi connectivity index (χ2n) is 8.92. The van der Waals surface area contributed by atoms with Crippen molar-refractivity contribution in [3.63, 3.8) is 0 Å². The van der Waals surface area contributed by atoms with E-state index in [0.717, 1.165) is 27.7 Å². The number of nitrogens with one attached hydrogen (secondary N) is 1. The number of amides is 1. The van der Waals surface area contributed by atoms with Crippen molar-refractivity contribution < 1.29 is 24.2 Å². The molecule has 3 aromatic carbocycles. The van der Waals surface area contributed by atoms with E-state index in [4.69, 9.17) is 19.6 Å². The average Bonchev–Trinajstić information content (AvgIpc) is 3.48. The summed E-state index contributed by atoms with van der Waals surface area (Å²) in [7, 11) is 1.48. The molecule has 1 aliphatic heterocycles. The quantitative estimate of drug-likeness (QED) is 0.257. The topological polar surface area (TPSA) is 104 Å². The first-order chi connectivity index (χ1) is 18.9. The number of carbonyl (C=O) groups is 2. The number of benzene rings is 3. The molecule has 1 unspecified atom stereocenters. The summed E-state index contributed by atoms with van der Waals surface area (Å²) in [6.45, 7) is 1.92. The van der Waals surface area contributed by atoms with Crippen LogP contribution in [0.5, 0.6) is 11.5 Å². The molecule has 0 spiro atoms. The lowest BCUT2D eigenvalue weighted by molar-refractivity contribution is -0.144. The first-order valence-corrected chi connectivity index (χ1v) is 13.2. The molecule has 8 nitrogen and oxygen atoms in total. The van der Waals surface area contributed by atoms with Crippen LogP contribution < -0.4 is 9.47 Å². The molecule has 5 rings (SSSR count). The van der Waals surface area contributed by atoms with E-state index >= 15 is 0 Å². The van der Waals surface area contributed by atoms with Crippen molar-refractivity contribution in [2.24, 2.45) is 4.99 Å². The van der Waals surface area contributed by atoms with Crippen molar-refractivity contribution in [1.29, 1.82) is 0 Å². The maximum Gasteiger partial charge on any atom is 0.344 e. The van der Waals surface area contributed by atoms with Gasteiger partial charge in [-0.25, -0.2) is 9.79 Å². The highest BCUT2D eigenvalue weighted by Gasteiger charge is 2.33. The number of aliphatic imine (C=N–C) groups is 1. The van der Waals surface area contributed by atoms with E-state index in [1.165, 1.54) is 25.8 Å². The third kappa shape index (κ3) is 5.83. The number of nitrogens with zero attached hydrogens (tertiary/aromatic N) is 2. The fourth-order valence-electron chi connectivity index (χ4n) is 4.24. The predicted octanol–water partition coefficient (Wildman–Crippen LogP) is 5.88. The van der Waals surface area contributed by atoms with Gasteiger partial charge in [0.25, 0.3) is 5.91 Å². The molecule has 1 saturated heterocycles. The molecule has 198 valence electrons. The van der Waals surface area contributed by atoms with E-state index in [2.05, 4.69) is 11.1 Å². The van der Waals surface area contributed by atoms with Crippen LogP contribution in [0.3, 0.4) is 0 Å². The van der Waals surface area contributed by atoms with Crippen LogP contribution in [0, 0.1) is 0 Å². The number of para-hydroxylation sites is 2. The second kappa shape index (κ2) is 11.5. The molecule has 1 amide bonds. The third-order valence-corrected chi connectivity index (χ3v) is 7.29. The number of H-pyrrole nitrogens is 1. The number of thioether (sulfide) groups is 1. The van der Waals surface area contributed by atoms with Gasteiger partial charge in [0.05, 0.1) is 17.7 Å². The SMILES string of the molecule is COc1cc(/C=C2\SC(=Nc3ccccc3)N(CCc3c[nH]c4ccccc34)C2=O)ccc1OC(C)C(=O)O. The molecule has 39 heavy (non-hydrogen) atoms. The van der Waals surface area contributed by atoms with Crippen LogP contribution in [0.2, 0.25) is 0 Å². The summed E-state index contributed by atoms with van der Waals surface area (Å²) in [5, 5.41) is 10.9. The Morgan fingerprint density at radius 2 is 1.87 bits per heavy atom. The molecule has 2 heterocycles. The number of carbonyl (C=O) groups excluding carboxylic acids is 1. The Hall–Kier alpha value is -4.50. The van der Waals surface area contributed by atoms with Gasteiger partial charge in [-0.2, -0.15) is 0 Å². The summed E-state index contributed by atoms with van der Waals surface area (Å²) >= 11 is 1.32. The fourth-order valence-corrected chi connectivity index (χ4v) is 5.26. The zero-order valence-corrected chi connectivity index (χ0v) is 22.3. The van der Waals surface area contributed by atoms with Gasteiger partial charge in [-0.05, 0) is 72.6 Å². The van der Waals surface area contributed by atoms with Gasteiger partial charge in [-0.3, -0.25) is 9.69 Å². The minimum Gasteiger partial charge on any atom is -0.493 e. The van der Waals surface area contributed by atoms with Crippen molar-refractivity contribution in [2.75, 3.05) is 13.7 Å². The zero-order chi connectivity index (χ0) is 27.4. The van der Waals surface area contributed by atoms with Crippen LogP contribution >= 0.6 is 11.8 Å². The lowest BCUT2D eigenvalue weighted by atomic mass is 10.1. The highest BCUT2D eigenvalue weighted by Crippen LogP contribution is 2.36. The first-order valence-electron chi connectivity index (χ1n) is 12.4. The molecule has 0 aliphatic carbocycles. The molecule has 0 radical (unpaired) electrons. The first kappa shape index (κ1) is 26.1. The molecule has 1 atom stereocenters. The molecule has 4 aromatic rings. The number of hydrogen-bond acceptors (Lipinski definition) is 6. The summed E-state index contributed by atoms with van der Waals surface area (Å²) in [4.78, 5) is 35.1. The second-order valence-corrected chi connectivity index (χ2v) is 9.92. The molecule has 1 fully saturated rings. The highest BCUT2D eigenvalue weighted by molar-refractivity contribution is 8.18. The number of carboxylic acid groups (broad SMARTS) is 1. The van der Waals surface area contributed by atoms with Crippen molar-refractivity contribution in [3.05, 3.63) is 95.0 Å². The third-order valence-electron chi connectivity index (χ3n) is 6.29. The van der Waals surface area contributed by atoms with Gasteiger partial charge >= 0.3 is 5.97 Å². The monoisotopic (exact) mass is 541 g/mol. The van der Waals surface area contributed by atoms with Gasteiger partial charge in [-0.1, -0.05) is 42.5 Å². The molecular weight excluding hydrogens is 514 g/mol. The Balaban J connectivity index is 1.43. The molecular formula is C30H27N3O5S. The summed E-state index contributed by atoms with van der Waals surface area (Å²) in [5.41, 5.74) is 3.68. The Morgan fingerprint density at radius 3 is 2.64 bits per heavy atom. The fraction of sp³-hybridized carbons (Fsp3) is 0.167. The number of ether oxygens (including phenoxy) is 2. The van der Waals surface area contributed by atoms with Gasteiger partial charge in [-0.15, -0.1) is 0 Å². The van der Waals surface area contributed by atoms with Gasteiger partial charge < -0.3 is 19.6 Å². The van der Waals surface area contributed by atoms with Crippen LogP contribution in [0.15, 0.2) is 88.9 Å². The van der Waals surface area contributed by atoms with Crippen molar-refractivity contribution in [2.45, 2.75) is 19.4 Å². The molecule has 0 saturated carbocycles. The number of amidine groups is 1. The van der Waals surface area contributed by atoms with E-state index in [1.54, 1.807) is 29.2 Å². The Labute approximate surface area is 230 Å². The van der Waals surface area contributed by atoms with E-state index in [1.807, 2.05) is 54.7 Å². The Bertz CT molecular complexity index is 1580. The van der Waals surface area contributed by atoms with E-state index in [-0.39, 0.29) is 5.91 Å². The predicted molar refractivity (Wildman–Crippen MR) is 154 cm³/mol. The summed E-state index contributed by atoms with van der Waals surface area (Å²) in [6.07, 6.45) is 3.41. The summed E-state index contributed by atoms with van der Waals surface area (Å²) in [6, 6.07) is 22.8. The average molecular weight is 542 g/mol. The highest BCUT2D eigenvalue weighted by atomic mass is 32.2. The van der Waals surface area contributed by atoms with Crippen LogP contribution in [-0.4, -0.2) is 51.8 Å². The minimum absolute atomic E-state index is 0.131. The molecule has 1 aromatic heterocycles. The largest absolute Gasteiger partial charge is 0.493 e. The maximum absolute atomic E-state index is 13.6. The van der Waals surface area contributed by atoms with E-state index < -0.39 is 12.1 Å². The van der Waals surface area contributed by atoms with Crippen molar-refractivity contribution in [1.82, 2.24) is 9.88 Å². The standard InChI is InChI=1S/C30H27N3O5S/c1-19(29(35)36)38-25-13-12-20(16-26(25)37-2)17-27-28(34)33(30(39-27)32-22-8-4-3-5-9-22)15-14-21-18-31-24-11-7-6-10-23(21)24/h3-13,16-19,31H,14-15H2,1-2H3,(H,35,36)/b27-17-,32-30?. The number of methoxy groups -OCH3 is 1. The molecule has 9 heteroatoms. The smallest absolute Gasteiger partial charge is 0.344 e. The molecule has 2 N–H and O–H groups in total. The van der Waals surface area contributed by atoms with Crippen LogP contribution in [-0.2, 0) is 16.0 Å². The lowest BCUT2D eigenvalue weighted by Crippen LogP contribution is -2.31. The van der Waals surface area contributed by atoms with Crippen LogP contribution in [0.4, 0.5) is 5.69 Å². The van der Waals surface area contributed by atoms with Gasteiger partial charge in [0.1, 0.15) is 0 Å². The Kier molecular flexibility index (Phi) is 7.69. The van der Waals surface area contributed by atoms with Crippen LogP contribution in [0.1, 0.15) is 18.1 Å². The number of hydrogen-bond donors (Lipinski definition) is 2. The van der Waals surface area contributed by atoms with Gasteiger partial charge in [0, 0.05) is 23.6 Å². The number of aromatic nitrogens is 1. The minimum atomic E-state index is -1.07. The Morgan fingerprint density at radius 1 is 1.10 bits per heavy atom. The number of fused-ring (bicyclic) bond motifs is 1. The zero-order valence-electron chi connectivity index (χ0n) is 21.5. The van der Waals surface area contributed by atoms with Gasteiger partial charge in [0.2, 0.25) is 0 Å². The maximum atomic E-state index is 13.6. The lowest BCUT2D eigenvalue weighted by Gasteiger charge is -2.15. The molecule has 0 bridgehead atoms. The van der Waals surface area contributed by atoms with Crippen LogP contribution in [0.25, 0.3) is 17.0 Å². The number of rotatable bonds is 9.